The first-order chi connectivity index (χ1) is 11.6. The van der Waals surface area contributed by atoms with E-state index in [2.05, 4.69) is 15.4 Å². The summed E-state index contributed by atoms with van der Waals surface area (Å²) in [6.45, 7) is 2.98. The first kappa shape index (κ1) is 18.4. The van der Waals surface area contributed by atoms with Crippen LogP contribution in [0.4, 0.5) is 13.2 Å². The Balaban J connectivity index is 2.39. The SMILES string of the molecule is CC(C)c1c(C(=O)NCC(=O)O)cnn1-c1ccc(C(F)(F)F)cn1. The third-order valence-electron chi connectivity index (χ3n) is 3.29. The summed E-state index contributed by atoms with van der Waals surface area (Å²) >= 11 is 0. The summed E-state index contributed by atoms with van der Waals surface area (Å²) in [4.78, 5) is 26.4. The third kappa shape index (κ3) is 4.14. The highest BCUT2D eigenvalue weighted by atomic mass is 19.4. The lowest BCUT2D eigenvalue weighted by Gasteiger charge is -2.13. The van der Waals surface area contributed by atoms with E-state index < -0.39 is 30.2 Å². The van der Waals surface area contributed by atoms with Crippen LogP contribution in [0, 0.1) is 0 Å². The van der Waals surface area contributed by atoms with E-state index in [1.165, 1.54) is 10.9 Å². The number of hydrogen-bond donors (Lipinski definition) is 2. The van der Waals surface area contributed by atoms with Crippen LogP contribution in [-0.4, -0.2) is 38.3 Å². The number of aromatic nitrogens is 3. The summed E-state index contributed by atoms with van der Waals surface area (Å²) < 4.78 is 39.1. The Bertz CT molecular complexity index is 782. The molecule has 0 spiro atoms. The van der Waals surface area contributed by atoms with Crippen LogP contribution < -0.4 is 5.32 Å². The largest absolute Gasteiger partial charge is 0.480 e. The smallest absolute Gasteiger partial charge is 0.417 e. The van der Waals surface area contributed by atoms with Crippen molar-refractivity contribution in [1.29, 1.82) is 0 Å². The van der Waals surface area contributed by atoms with Crippen LogP contribution in [0.3, 0.4) is 0 Å². The van der Waals surface area contributed by atoms with Crippen molar-refractivity contribution in [2.75, 3.05) is 6.54 Å². The predicted octanol–water partition coefficient (Wildman–Crippen LogP) is 2.22. The van der Waals surface area contributed by atoms with E-state index in [9.17, 15) is 22.8 Å². The fourth-order valence-corrected chi connectivity index (χ4v) is 2.20. The number of amides is 1. The highest BCUT2D eigenvalue weighted by Crippen LogP contribution is 2.29. The number of carboxylic acid groups (broad SMARTS) is 1. The van der Waals surface area contributed by atoms with Crippen LogP contribution in [0.15, 0.2) is 24.5 Å². The first-order valence-corrected chi connectivity index (χ1v) is 7.22. The van der Waals surface area contributed by atoms with Gasteiger partial charge in [0.2, 0.25) is 0 Å². The average Bonchev–Trinajstić information content (AvgIpc) is 2.97. The molecule has 2 N–H and O–H groups in total. The van der Waals surface area contributed by atoms with Crippen molar-refractivity contribution in [3.05, 3.63) is 41.3 Å². The number of carbonyl (C=O) groups excluding carboxylic acids is 1. The molecule has 0 radical (unpaired) electrons. The molecule has 2 aromatic heterocycles. The van der Waals surface area contributed by atoms with Crippen LogP contribution in [0.25, 0.3) is 5.82 Å². The van der Waals surface area contributed by atoms with E-state index in [1.54, 1.807) is 13.8 Å². The molecule has 0 unspecified atom stereocenters. The highest BCUT2D eigenvalue weighted by Gasteiger charge is 2.31. The van der Waals surface area contributed by atoms with E-state index in [0.717, 1.165) is 12.1 Å². The van der Waals surface area contributed by atoms with Crippen LogP contribution in [0.5, 0.6) is 0 Å². The van der Waals surface area contributed by atoms with Gasteiger partial charge in [-0.05, 0) is 18.1 Å². The lowest BCUT2D eigenvalue weighted by molar-refractivity contribution is -0.138. The van der Waals surface area contributed by atoms with Crippen LogP contribution >= 0.6 is 0 Å². The third-order valence-corrected chi connectivity index (χ3v) is 3.29. The summed E-state index contributed by atoms with van der Waals surface area (Å²) in [6, 6.07) is 2.03. The van der Waals surface area contributed by atoms with Gasteiger partial charge in [0.05, 0.1) is 23.0 Å². The normalized spacial score (nSPS) is 11.6. The quantitative estimate of drug-likeness (QED) is 0.856. The van der Waals surface area contributed by atoms with Gasteiger partial charge in [0.25, 0.3) is 5.91 Å². The van der Waals surface area contributed by atoms with Crippen LogP contribution in [-0.2, 0) is 11.0 Å². The van der Waals surface area contributed by atoms with Crippen molar-refractivity contribution < 1.29 is 27.9 Å². The first-order valence-electron chi connectivity index (χ1n) is 7.22. The Morgan fingerprint density at radius 1 is 1.28 bits per heavy atom. The Hall–Kier alpha value is -2.91. The van der Waals surface area contributed by atoms with Gasteiger partial charge in [0, 0.05) is 6.20 Å². The standard InChI is InChI=1S/C15H15F3N4O3/c1-8(2)13-10(14(25)20-7-12(23)24)6-21-22(13)11-4-3-9(5-19-11)15(16,17)18/h3-6,8H,7H2,1-2H3,(H,20,25)(H,23,24). The molecule has 134 valence electrons. The molecule has 25 heavy (non-hydrogen) atoms. The number of halogens is 3. The van der Waals surface area contributed by atoms with Gasteiger partial charge in [-0.3, -0.25) is 9.59 Å². The van der Waals surface area contributed by atoms with Crippen LogP contribution in [0.1, 0.15) is 41.4 Å². The lowest BCUT2D eigenvalue weighted by Crippen LogP contribution is -2.30. The Morgan fingerprint density at radius 3 is 2.44 bits per heavy atom. The summed E-state index contributed by atoms with van der Waals surface area (Å²) in [5.41, 5.74) is -0.345. The number of pyridine rings is 1. The maximum Gasteiger partial charge on any atom is 0.417 e. The number of aliphatic carboxylic acids is 1. The molecule has 0 aliphatic rings. The van der Waals surface area contributed by atoms with Gasteiger partial charge in [-0.1, -0.05) is 13.8 Å². The number of carbonyl (C=O) groups is 2. The Kier molecular flexibility index (Phi) is 5.10. The molecular weight excluding hydrogens is 341 g/mol. The molecule has 0 aliphatic carbocycles. The molecule has 2 rings (SSSR count). The second-order valence-electron chi connectivity index (χ2n) is 5.49. The minimum Gasteiger partial charge on any atom is -0.480 e. The Labute approximate surface area is 140 Å². The van der Waals surface area contributed by atoms with Crippen molar-refractivity contribution in [3.8, 4) is 5.82 Å². The second kappa shape index (κ2) is 6.91. The molecule has 2 aromatic rings. The predicted molar refractivity (Wildman–Crippen MR) is 80.4 cm³/mol. The molecule has 0 saturated carbocycles. The van der Waals surface area contributed by atoms with E-state index in [-0.39, 0.29) is 17.3 Å². The van der Waals surface area contributed by atoms with E-state index in [0.29, 0.717) is 11.9 Å². The molecule has 0 aromatic carbocycles. The van der Waals surface area contributed by atoms with Gasteiger partial charge >= 0.3 is 12.1 Å². The molecule has 0 saturated heterocycles. The zero-order valence-corrected chi connectivity index (χ0v) is 13.3. The van der Waals surface area contributed by atoms with Crippen molar-refractivity contribution in [1.82, 2.24) is 20.1 Å². The van der Waals surface area contributed by atoms with Gasteiger partial charge in [0.15, 0.2) is 5.82 Å². The molecule has 0 atom stereocenters. The number of rotatable bonds is 5. The van der Waals surface area contributed by atoms with Gasteiger partial charge in [0.1, 0.15) is 6.54 Å². The topological polar surface area (TPSA) is 97.1 Å². The fourth-order valence-electron chi connectivity index (χ4n) is 2.20. The van der Waals surface area contributed by atoms with Gasteiger partial charge in [-0.25, -0.2) is 9.67 Å². The molecule has 2 heterocycles. The lowest BCUT2D eigenvalue weighted by atomic mass is 10.1. The second-order valence-corrected chi connectivity index (χ2v) is 5.49. The Morgan fingerprint density at radius 2 is 1.96 bits per heavy atom. The number of hydrogen-bond acceptors (Lipinski definition) is 4. The average molecular weight is 356 g/mol. The van der Waals surface area contributed by atoms with Crippen molar-refractivity contribution >= 4 is 11.9 Å². The molecular formula is C15H15F3N4O3. The molecule has 0 fully saturated rings. The maximum absolute atomic E-state index is 12.6. The van der Waals surface area contributed by atoms with E-state index in [4.69, 9.17) is 5.11 Å². The minimum atomic E-state index is -4.50. The molecule has 0 aliphatic heterocycles. The van der Waals surface area contributed by atoms with Gasteiger partial charge < -0.3 is 10.4 Å². The summed E-state index contributed by atoms with van der Waals surface area (Å²) in [5.74, 6) is -1.92. The minimum absolute atomic E-state index is 0.119. The zero-order chi connectivity index (χ0) is 18.8. The summed E-state index contributed by atoms with van der Waals surface area (Å²) in [7, 11) is 0. The van der Waals surface area contributed by atoms with Crippen molar-refractivity contribution in [2.45, 2.75) is 25.9 Å². The molecule has 0 bridgehead atoms. The maximum atomic E-state index is 12.6. The molecule has 7 nitrogen and oxygen atoms in total. The van der Waals surface area contributed by atoms with Crippen LogP contribution in [0.2, 0.25) is 0 Å². The number of carboxylic acids is 1. The summed E-state index contributed by atoms with van der Waals surface area (Å²) in [6.07, 6.45) is -2.59. The van der Waals surface area contributed by atoms with Gasteiger partial charge in [-0.15, -0.1) is 0 Å². The summed E-state index contributed by atoms with van der Waals surface area (Å²) in [5, 5.41) is 14.9. The number of nitrogens with one attached hydrogen (secondary N) is 1. The van der Waals surface area contributed by atoms with E-state index >= 15 is 0 Å². The molecule has 1 amide bonds. The number of alkyl halides is 3. The van der Waals surface area contributed by atoms with Crippen molar-refractivity contribution in [2.24, 2.45) is 0 Å². The highest BCUT2D eigenvalue weighted by molar-refractivity contribution is 5.96. The number of nitrogens with zero attached hydrogens (tertiary/aromatic N) is 3. The molecule has 10 heteroatoms. The van der Waals surface area contributed by atoms with Gasteiger partial charge in [-0.2, -0.15) is 18.3 Å². The monoisotopic (exact) mass is 356 g/mol. The zero-order valence-electron chi connectivity index (χ0n) is 13.3. The fraction of sp³-hybridized carbons (Fsp3) is 0.333. The van der Waals surface area contributed by atoms with E-state index in [1.807, 2.05) is 0 Å². The van der Waals surface area contributed by atoms with Crippen molar-refractivity contribution in [3.63, 3.8) is 0 Å².